The topological polar surface area (TPSA) is 34.4 Å². The molecule has 3 nitrogen and oxygen atoms in total. The Kier molecular flexibility index (Phi) is 4.02. The van der Waals surface area contributed by atoms with Gasteiger partial charge >= 0.3 is 0 Å². The van der Waals surface area contributed by atoms with E-state index in [1.165, 1.54) is 12.0 Å². The summed E-state index contributed by atoms with van der Waals surface area (Å²) in [7, 11) is 1.71. The standard InChI is InChI=1S/C18H23NO2/c1-12-10-16(12)18-9-8-14(21-18)11-19-13(2)15-6-4-5-7-17(15)20-3/h4-9,12-13,16,19H,10-11H2,1-3H3. The summed E-state index contributed by atoms with van der Waals surface area (Å²) in [6, 6.07) is 12.5. The van der Waals surface area contributed by atoms with Gasteiger partial charge in [0.15, 0.2) is 0 Å². The van der Waals surface area contributed by atoms with Crippen LogP contribution in [0.25, 0.3) is 0 Å². The predicted octanol–water partition coefficient (Wildman–Crippen LogP) is 4.26. The normalized spacial score (nSPS) is 22.0. The first kappa shape index (κ1) is 14.2. The van der Waals surface area contributed by atoms with Gasteiger partial charge in [-0.3, -0.25) is 0 Å². The first-order chi connectivity index (χ1) is 10.2. The summed E-state index contributed by atoms with van der Waals surface area (Å²) >= 11 is 0. The Morgan fingerprint density at radius 2 is 2.05 bits per heavy atom. The number of hydrogen-bond acceptors (Lipinski definition) is 3. The smallest absolute Gasteiger partial charge is 0.123 e. The van der Waals surface area contributed by atoms with Gasteiger partial charge in [0.2, 0.25) is 0 Å². The van der Waals surface area contributed by atoms with E-state index in [1.807, 2.05) is 18.2 Å². The Balaban J connectivity index is 1.60. The van der Waals surface area contributed by atoms with E-state index in [-0.39, 0.29) is 6.04 Å². The fourth-order valence-corrected chi connectivity index (χ4v) is 2.80. The first-order valence-corrected chi connectivity index (χ1v) is 7.64. The average molecular weight is 285 g/mol. The lowest BCUT2D eigenvalue weighted by molar-refractivity contribution is 0.395. The molecule has 1 fully saturated rings. The summed E-state index contributed by atoms with van der Waals surface area (Å²) in [6.07, 6.45) is 1.26. The van der Waals surface area contributed by atoms with E-state index in [0.29, 0.717) is 5.92 Å². The molecular formula is C18H23NO2. The second-order valence-electron chi connectivity index (χ2n) is 5.97. The van der Waals surface area contributed by atoms with Gasteiger partial charge in [0.05, 0.1) is 13.7 Å². The Morgan fingerprint density at radius 3 is 2.76 bits per heavy atom. The number of ether oxygens (including phenoxy) is 1. The van der Waals surface area contributed by atoms with Gasteiger partial charge in [0, 0.05) is 17.5 Å². The van der Waals surface area contributed by atoms with E-state index < -0.39 is 0 Å². The number of nitrogens with one attached hydrogen (secondary N) is 1. The number of benzene rings is 1. The lowest BCUT2D eigenvalue weighted by Gasteiger charge is -2.16. The molecule has 3 rings (SSSR count). The molecule has 0 aliphatic heterocycles. The van der Waals surface area contributed by atoms with Crippen LogP contribution in [0, 0.1) is 5.92 Å². The minimum absolute atomic E-state index is 0.217. The van der Waals surface area contributed by atoms with Crippen molar-refractivity contribution in [2.45, 2.75) is 38.8 Å². The van der Waals surface area contributed by atoms with Crippen LogP contribution in [-0.4, -0.2) is 7.11 Å². The Labute approximate surface area is 126 Å². The van der Waals surface area contributed by atoms with Crippen molar-refractivity contribution in [1.29, 1.82) is 0 Å². The number of methoxy groups -OCH3 is 1. The van der Waals surface area contributed by atoms with Crippen molar-refractivity contribution < 1.29 is 9.15 Å². The summed E-state index contributed by atoms with van der Waals surface area (Å²) in [5.74, 6) is 4.49. The number of para-hydroxylation sites is 1. The zero-order valence-corrected chi connectivity index (χ0v) is 12.9. The Morgan fingerprint density at radius 1 is 1.29 bits per heavy atom. The lowest BCUT2D eigenvalue weighted by atomic mass is 10.1. The van der Waals surface area contributed by atoms with Crippen LogP contribution in [0.5, 0.6) is 5.75 Å². The molecule has 2 aromatic rings. The zero-order valence-electron chi connectivity index (χ0n) is 12.9. The Bertz CT molecular complexity index is 605. The van der Waals surface area contributed by atoms with Gasteiger partial charge in [0.25, 0.3) is 0 Å². The molecule has 3 unspecified atom stereocenters. The van der Waals surface area contributed by atoms with Crippen LogP contribution < -0.4 is 10.1 Å². The van der Waals surface area contributed by atoms with Gasteiger partial charge in [-0.1, -0.05) is 25.1 Å². The molecule has 1 aromatic carbocycles. The molecule has 1 aromatic heterocycles. The molecule has 0 radical (unpaired) electrons. The fourth-order valence-electron chi connectivity index (χ4n) is 2.80. The molecule has 0 saturated heterocycles. The monoisotopic (exact) mass is 285 g/mol. The minimum Gasteiger partial charge on any atom is -0.496 e. The summed E-state index contributed by atoms with van der Waals surface area (Å²) in [6.45, 7) is 5.15. The lowest BCUT2D eigenvalue weighted by Crippen LogP contribution is -2.18. The minimum atomic E-state index is 0.217. The highest BCUT2D eigenvalue weighted by molar-refractivity contribution is 5.35. The summed E-state index contributed by atoms with van der Waals surface area (Å²) in [5, 5.41) is 3.50. The molecule has 1 N–H and O–H groups in total. The van der Waals surface area contributed by atoms with Gasteiger partial charge in [-0.2, -0.15) is 0 Å². The molecule has 1 heterocycles. The fraction of sp³-hybridized carbons (Fsp3) is 0.444. The van der Waals surface area contributed by atoms with E-state index in [0.717, 1.165) is 29.7 Å². The van der Waals surface area contributed by atoms with Gasteiger partial charge in [-0.25, -0.2) is 0 Å². The second kappa shape index (κ2) is 5.94. The van der Waals surface area contributed by atoms with Gasteiger partial charge in [-0.05, 0) is 37.5 Å². The quantitative estimate of drug-likeness (QED) is 0.861. The van der Waals surface area contributed by atoms with Crippen molar-refractivity contribution in [3.8, 4) is 5.75 Å². The third kappa shape index (κ3) is 3.13. The van der Waals surface area contributed by atoms with Crippen LogP contribution in [0.1, 0.15) is 49.3 Å². The maximum Gasteiger partial charge on any atom is 0.123 e. The van der Waals surface area contributed by atoms with Crippen LogP contribution >= 0.6 is 0 Å². The molecule has 3 heteroatoms. The third-order valence-electron chi connectivity index (χ3n) is 4.35. The van der Waals surface area contributed by atoms with E-state index in [9.17, 15) is 0 Å². The average Bonchev–Trinajstić information content (AvgIpc) is 3.06. The van der Waals surface area contributed by atoms with E-state index in [2.05, 4.69) is 37.4 Å². The van der Waals surface area contributed by atoms with Crippen molar-refractivity contribution in [3.05, 3.63) is 53.5 Å². The van der Waals surface area contributed by atoms with Crippen LogP contribution in [0.2, 0.25) is 0 Å². The molecule has 112 valence electrons. The zero-order chi connectivity index (χ0) is 14.8. The molecule has 0 spiro atoms. The molecule has 3 atom stereocenters. The van der Waals surface area contributed by atoms with Crippen molar-refractivity contribution in [3.63, 3.8) is 0 Å². The summed E-state index contributed by atoms with van der Waals surface area (Å²) < 4.78 is 11.3. The highest BCUT2D eigenvalue weighted by Gasteiger charge is 2.36. The predicted molar refractivity (Wildman–Crippen MR) is 83.5 cm³/mol. The molecule has 1 aliphatic rings. The number of furan rings is 1. The van der Waals surface area contributed by atoms with Gasteiger partial charge in [-0.15, -0.1) is 0 Å². The largest absolute Gasteiger partial charge is 0.496 e. The Hall–Kier alpha value is -1.74. The highest BCUT2D eigenvalue weighted by Crippen LogP contribution is 2.47. The molecule has 0 bridgehead atoms. The number of hydrogen-bond donors (Lipinski definition) is 1. The summed E-state index contributed by atoms with van der Waals surface area (Å²) in [4.78, 5) is 0. The maximum absolute atomic E-state index is 5.93. The molecule has 21 heavy (non-hydrogen) atoms. The van der Waals surface area contributed by atoms with E-state index in [1.54, 1.807) is 7.11 Å². The number of rotatable bonds is 6. The van der Waals surface area contributed by atoms with E-state index in [4.69, 9.17) is 9.15 Å². The van der Waals surface area contributed by atoms with E-state index >= 15 is 0 Å². The maximum atomic E-state index is 5.93. The highest BCUT2D eigenvalue weighted by atomic mass is 16.5. The molecule has 0 amide bonds. The van der Waals surface area contributed by atoms with Crippen LogP contribution in [0.4, 0.5) is 0 Å². The van der Waals surface area contributed by atoms with Crippen molar-refractivity contribution in [2.75, 3.05) is 7.11 Å². The van der Waals surface area contributed by atoms with Crippen molar-refractivity contribution in [2.24, 2.45) is 5.92 Å². The van der Waals surface area contributed by atoms with Gasteiger partial charge < -0.3 is 14.5 Å². The summed E-state index contributed by atoms with van der Waals surface area (Å²) in [5.41, 5.74) is 1.17. The first-order valence-electron chi connectivity index (χ1n) is 7.64. The SMILES string of the molecule is COc1ccccc1C(C)NCc1ccc(C2CC2C)o1. The second-order valence-corrected chi connectivity index (χ2v) is 5.97. The van der Waals surface area contributed by atoms with Crippen molar-refractivity contribution >= 4 is 0 Å². The van der Waals surface area contributed by atoms with Crippen LogP contribution in [-0.2, 0) is 6.54 Å². The van der Waals surface area contributed by atoms with Gasteiger partial charge in [0.1, 0.15) is 17.3 Å². The van der Waals surface area contributed by atoms with Crippen LogP contribution in [0.15, 0.2) is 40.8 Å². The van der Waals surface area contributed by atoms with Crippen LogP contribution in [0.3, 0.4) is 0 Å². The molecule has 1 aliphatic carbocycles. The van der Waals surface area contributed by atoms with Crippen molar-refractivity contribution in [1.82, 2.24) is 5.32 Å². The molecule has 1 saturated carbocycles. The third-order valence-corrected chi connectivity index (χ3v) is 4.35. The molecular weight excluding hydrogens is 262 g/mol.